The van der Waals surface area contributed by atoms with Gasteiger partial charge in [-0.3, -0.25) is 14.7 Å². The highest BCUT2D eigenvalue weighted by Crippen LogP contribution is 2.26. The zero-order valence-electron chi connectivity index (χ0n) is 14.7. The van der Waals surface area contributed by atoms with Crippen LogP contribution in [-0.4, -0.2) is 54.2 Å². The summed E-state index contributed by atoms with van der Waals surface area (Å²) in [7, 11) is 4.83. The molecule has 8 nitrogen and oxygen atoms in total. The lowest BCUT2D eigenvalue weighted by Gasteiger charge is -2.17. The van der Waals surface area contributed by atoms with Crippen LogP contribution >= 0.6 is 0 Å². The Kier molecular flexibility index (Phi) is 5.99. The summed E-state index contributed by atoms with van der Waals surface area (Å²) >= 11 is 0. The van der Waals surface area contributed by atoms with E-state index in [-0.39, 0.29) is 18.2 Å². The van der Waals surface area contributed by atoms with Crippen molar-refractivity contribution in [3.8, 4) is 11.5 Å². The van der Waals surface area contributed by atoms with Gasteiger partial charge in [0.05, 0.1) is 12.8 Å². The van der Waals surface area contributed by atoms with Crippen LogP contribution < -0.4 is 14.8 Å². The normalized spacial score (nSPS) is 11.5. The molecule has 0 fully saturated rings. The Morgan fingerprint density at radius 1 is 1.28 bits per heavy atom. The van der Waals surface area contributed by atoms with Gasteiger partial charge >= 0.3 is 0 Å². The molecule has 0 bridgehead atoms. The summed E-state index contributed by atoms with van der Waals surface area (Å²) in [4.78, 5) is 25.3. The maximum atomic E-state index is 12.1. The molecule has 1 unspecified atom stereocenters. The molecule has 1 aromatic heterocycles. The smallest absolute Gasteiger partial charge is 0.272 e. The molecule has 0 saturated carbocycles. The number of hydrogen-bond donors (Lipinski definition) is 2. The van der Waals surface area contributed by atoms with Crippen molar-refractivity contribution in [2.24, 2.45) is 0 Å². The zero-order chi connectivity index (χ0) is 18.4. The highest BCUT2D eigenvalue weighted by Gasteiger charge is 2.19. The molecule has 2 amide bonds. The molecule has 25 heavy (non-hydrogen) atoms. The second-order valence-electron chi connectivity index (χ2n) is 5.65. The van der Waals surface area contributed by atoms with Crippen molar-refractivity contribution in [1.82, 2.24) is 20.4 Å². The lowest BCUT2D eigenvalue weighted by Crippen LogP contribution is -2.44. The number of ether oxygens (including phenoxy) is 2. The minimum absolute atomic E-state index is 0.191. The average molecular weight is 346 g/mol. The van der Waals surface area contributed by atoms with E-state index in [9.17, 15) is 9.59 Å². The molecule has 0 aliphatic rings. The van der Waals surface area contributed by atoms with Gasteiger partial charge in [-0.05, 0) is 25.1 Å². The number of H-pyrrole nitrogens is 1. The molecule has 2 aromatic rings. The van der Waals surface area contributed by atoms with Crippen molar-refractivity contribution in [3.05, 3.63) is 41.7 Å². The van der Waals surface area contributed by atoms with Gasteiger partial charge in [0.25, 0.3) is 5.91 Å². The van der Waals surface area contributed by atoms with Crippen molar-refractivity contribution >= 4 is 11.8 Å². The Morgan fingerprint density at radius 3 is 2.60 bits per heavy atom. The molecule has 1 atom stereocenters. The third-order valence-electron chi connectivity index (χ3n) is 3.47. The number of para-hydroxylation sites is 2. The van der Waals surface area contributed by atoms with Gasteiger partial charge in [0, 0.05) is 14.1 Å². The molecule has 0 aliphatic heterocycles. The molecular weight excluding hydrogens is 324 g/mol. The van der Waals surface area contributed by atoms with Gasteiger partial charge in [0.15, 0.2) is 11.5 Å². The number of hydrogen-bond acceptors (Lipinski definition) is 5. The number of aromatic amines is 1. The molecule has 0 saturated heterocycles. The fraction of sp³-hybridized carbons (Fsp3) is 0.353. The van der Waals surface area contributed by atoms with Crippen LogP contribution in [0.15, 0.2) is 30.3 Å². The van der Waals surface area contributed by atoms with Gasteiger partial charge in [0.1, 0.15) is 18.3 Å². The molecule has 0 aliphatic carbocycles. The van der Waals surface area contributed by atoms with E-state index in [4.69, 9.17) is 9.47 Å². The number of nitrogens with one attached hydrogen (secondary N) is 2. The van der Waals surface area contributed by atoms with Gasteiger partial charge in [0.2, 0.25) is 5.91 Å². The van der Waals surface area contributed by atoms with Crippen LogP contribution in [0.2, 0.25) is 0 Å². The summed E-state index contributed by atoms with van der Waals surface area (Å²) in [5.41, 5.74) is 0.819. The molecule has 2 rings (SSSR count). The molecule has 0 radical (unpaired) electrons. The monoisotopic (exact) mass is 346 g/mol. The van der Waals surface area contributed by atoms with Crippen LogP contribution in [0.3, 0.4) is 0 Å². The standard InChI is InChI=1S/C17H22N4O4/c1-11(17(23)21(2)3)18-16(22)13-9-12(19-20-13)10-25-15-8-6-5-7-14(15)24-4/h5-9,11H,10H2,1-4H3,(H,18,22)(H,19,20). The lowest BCUT2D eigenvalue weighted by molar-refractivity contribution is -0.130. The number of nitrogens with zero attached hydrogens (tertiary/aromatic N) is 2. The van der Waals surface area contributed by atoms with E-state index in [2.05, 4.69) is 15.5 Å². The van der Waals surface area contributed by atoms with Gasteiger partial charge in [-0.1, -0.05) is 12.1 Å². The van der Waals surface area contributed by atoms with Crippen molar-refractivity contribution in [3.63, 3.8) is 0 Å². The van der Waals surface area contributed by atoms with Crippen LogP contribution in [0.4, 0.5) is 0 Å². The predicted octanol–water partition coefficient (Wildman–Crippen LogP) is 1.20. The maximum Gasteiger partial charge on any atom is 0.272 e. The molecule has 1 aromatic carbocycles. The fourth-order valence-electron chi connectivity index (χ4n) is 2.17. The van der Waals surface area contributed by atoms with Crippen LogP contribution in [0.25, 0.3) is 0 Å². The van der Waals surface area contributed by atoms with Gasteiger partial charge in [-0.2, -0.15) is 5.10 Å². The van der Waals surface area contributed by atoms with E-state index in [1.165, 1.54) is 4.90 Å². The Morgan fingerprint density at radius 2 is 1.96 bits per heavy atom. The number of benzene rings is 1. The van der Waals surface area contributed by atoms with E-state index < -0.39 is 11.9 Å². The first kappa shape index (κ1) is 18.3. The number of likely N-dealkylation sites (N-methyl/N-ethyl adjacent to an activating group) is 1. The Bertz CT molecular complexity index is 742. The Hall–Kier alpha value is -3.03. The third-order valence-corrected chi connectivity index (χ3v) is 3.47. The molecule has 2 N–H and O–H groups in total. The lowest BCUT2D eigenvalue weighted by atomic mass is 10.2. The Labute approximate surface area is 146 Å². The highest BCUT2D eigenvalue weighted by atomic mass is 16.5. The van der Waals surface area contributed by atoms with Crippen LogP contribution in [-0.2, 0) is 11.4 Å². The number of methoxy groups -OCH3 is 1. The van der Waals surface area contributed by atoms with Crippen molar-refractivity contribution in [2.45, 2.75) is 19.6 Å². The van der Waals surface area contributed by atoms with Crippen LogP contribution in [0.1, 0.15) is 23.1 Å². The molecular formula is C17H22N4O4. The van der Waals surface area contributed by atoms with Crippen molar-refractivity contribution < 1.29 is 19.1 Å². The minimum atomic E-state index is -0.632. The summed E-state index contributed by atoms with van der Waals surface area (Å²) in [6.45, 7) is 1.82. The second-order valence-corrected chi connectivity index (χ2v) is 5.65. The maximum absolute atomic E-state index is 12.1. The third kappa shape index (κ3) is 4.72. The molecule has 0 spiro atoms. The quantitative estimate of drug-likeness (QED) is 0.785. The zero-order valence-corrected chi connectivity index (χ0v) is 14.7. The minimum Gasteiger partial charge on any atom is -0.493 e. The van der Waals surface area contributed by atoms with Gasteiger partial charge in [-0.15, -0.1) is 0 Å². The van der Waals surface area contributed by atoms with Crippen molar-refractivity contribution in [1.29, 1.82) is 0 Å². The predicted molar refractivity (Wildman–Crippen MR) is 91.5 cm³/mol. The first-order valence-corrected chi connectivity index (χ1v) is 7.74. The van der Waals surface area contributed by atoms with E-state index in [1.807, 2.05) is 12.1 Å². The van der Waals surface area contributed by atoms with Crippen molar-refractivity contribution in [2.75, 3.05) is 21.2 Å². The number of amides is 2. The molecule has 134 valence electrons. The summed E-state index contributed by atoms with van der Waals surface area (Å²) < 4.78 is 10.9. The SMILES string of the molecule is COc1ccccc1OCc1cc(C(=O)NC(C)C(=O)N(C)C)n[nH]1. The molecule has 8 heteroatoms. The Balaban J connectivity index is 1.95. The van der Waals surface area contributed by atoms with E-state index in [0.717, 1.165) is 0 Å². The first-order chi connectivity index (χ1) is 11.9. The van der Waals surface area contributed by atoms with Gasteiger partial charge < -0.3 is 19.7 Å². The van der Waals surface area contributed by atoms with E-state index >= 15 is 0 Å². The summed E-state index contributed by atoms with van der Waals surface area (Å²) in [6, 6.07) is 8.22. The number of aromatic nitrogens is 2. The summed E-state index contributed by atoms with van der Waals surface area (Å²) in [5.74, 6) is 0.595. The van der Waals surface area contributed by atoms with E-state index in [0.29, 0.717) is 17.2 Å². The summed E-state index contributed by atoms with van der Waals surface area (Å²) in [6.07, 6.45) is 0. The number of carbonyl (C=O) groups excluding carboxylic acids is 2. The number of rotatable bonds is 7. The second kappa shape index (κ2) is 8.18. The highest BCUT2D eigenvalue weighted by molar-refractivity contribution is 5.95. The molecule has 1 heterocycles. The fourth-order valence-corrected chi connectivity index (χ4v) is 2.17. The van der Waals surface area contributed by atoms with Crippen LogP contribution in [0, 0.1) is 0 Å². The summed E-state index contributed by atoms with van der Waals surface area (Å²) in [5, 5.41) is 9.31. The van der Waals surface area contributed by atoms with E-state index in [1.54, 1.807) is 46.3 Å². The topological polar surface area (TPSA) is 96.5 Å². The largest absolute Gasteiger partial charge is 0.493 e. The number of carbonyl (C=O) groups is 2. The average Bonchev–Trinajstić information content (AvgIpc) is 3.08. The van der Waals surface area contributed by atoms with Crippen LogP contribution in [0.5, 0.6) is 11.5 Å². The van der Waals surface area contributed by atoms with Gasteiger partial charge in [-0.25, -0.2) is 0 Å². The first-order valence-electron chi connectivity index (χ1n) is 7.74.